The molecular formula is C30H35IN2O4. The third-order valence-electron chi connectivity index (χ3n) is 6.12. The highest BCUT2D eigenvalue weighted by molar-refractivity contribution is 14.1. The van der Waals surface area contributed by atoms with Gasteiger partial charge in [0.1, 0.15) is 11.5 Å². The van der Waals surface area contributed by atoms with Crippen LogP contribution < -0.4 is 20.1 Å². The van der Waals surface area contributed by atoms with E-state index in [4.69, 9.17) is 9.47 Å². The molecule has 3 aromatic rings. The second kappa shape index (κ2) is 12.0. The lowest BCUT2D eigenvalue weighted by molar-refractivity contribution is -0.122. The largest absolute Gasteiger partial charge is 0.480 e. The van der Waals surface area contributed by atoms with Gasteiger partial charge in [0, 0.05) is 11.4 Å². The first-order valence-corrected chi connectivity index (χ1v) is 13.3. The summed E-state index contributed by atoms with van der Waals surface area (Å²) in [5, 5.41) is 5.98. The van der Waals surface area contributed by atoms with Crippen molar-refractivity contribution in [3.8, 4) is 11.5 Å². The van der Waals surface area contributed by atoms with Crippen LogP contribution in [0.3, 0.4) is 0 Å². The SMILES string of the molecule is Cc1cc(C)c(NC(=O)C(C)Oc2cccc(OC(C)C(=O)Nc3c(C)cc(C)cc3C)c2I)c(C)c1. The van der Waals surface area contributed by atoms with E-state index in [0.29, 0.717) is 15.1 Å². The van der Waals surface area contributed by atoms with Gasteiger partial charge in [0.15, 0.2) is 12.2 Å². The molecule has 7 heteroatoms. The van der Waals surface area contributed by atoms with E-state index in [-0.39, 0.29) is 11.8 Å². The molecule has 0 fully saturated rings. The zero-order valence-corrected chi connectivity index (χ0v) is 24.9. The Hall–Kier alpha value is -3.07. The highest BCUT2D eigenvalue weighted by atomic mass is 127. The first kappa shape index (κ1) is 28.5. The molecule has 2 amide bonds. The summed E-state index contributed by atoms with van der Waals surface area (Å²) in [6.07, 6.45) is -1.48. The first-order chi connectivity index (χ1) is 17.4. The highest BCUT2D eigenvalue weighted by Gasteiger charge is 2.22. The number of nitrogens with one attached hydrogen (secondary N) is 2. The molecule has 3 aromatic carbocycles. The minimum atomic E-state index is -0.739. The average molecular weight is 615 g/mol. The van der Waals surface area contributed by atoms with Crippen LogP contribution in [0.5, 0.6) is 11.5 Å². The summed E-state index contributed by atoms with van der Waals surface area (Å²) in [6.45, 7) is 15.4. The molecule has 3 rings (SSSR count). The lowest BCUT2D eigenvalue weighted by atomic mass is 10.0. The third kappa shape index (κ3) is 7.03. The molecule has 0 heterocycles. The van der Waals surface area contributed by atoms with Gasteiger partial charge in [-0.2, -0.15) is 0 Å². The monoisotopic (exact) mass is 614 g/mol. The van der Waals surface area contributed by atoms with Crippen molar-refractivity contribution in [2.24, 2.45) is 0 Å². The van der Waals surface area contributed by atoms with Crippen molar-refractivity contribution in [3.63, 3.8) is 0 Å². The molecule has 2 N–H and O–H groups in total. The summed E-state index contributed by atoms with van der Waals surface area (Å²) >= 11 is 2.12. The molecule has 0 saturated heterocycles. The minimum absolute atomic E-state index is 0.242. The third-order valence-corrected chi connectivity index (χ3v) is 7.19. The number of benzene rings is 3. The first-order valence-electron chi connectivity index (χ1n) is 12.3. The van der Waals surface area contributed by atoms with Crippen LogP contribution in [0.4, 0.5) is 11.4 Å². The van der Waals surface area contributed by atoms with Gasteiger partial charge in [-0.05, 0) is 112 Å². The fourth-order valence-electron chi connectivity index (χ4n) is 4.36. The Kier molecular flexibility index (Phi) is 9.23. The summed E-state index contributed by atoms with van der Waals surface area (Å²) < 4.78 is 12.7. The highest BCUT2D eigenvalue weighted by Crippen LogP contribution is 2.32. The number of hydrogen-bond donors (Lipinski definition) is 2. The van der Waals surface area contributed by atoms with Crippen LogP contribution in [-0.4, -0.2) is 24.0 Å². The maximum atomic E-state index is 12.9. The Balaban J connectivity index is 1.68. The van der Waals surface area contributed by atoms with Gasteiger partial charge < -0.3 is 20.1 Å². The molecule has 0 spiro atoms. The van der Waals surface area contributed by atoms with E-state index in [0.717, 1.165) is 44.8 Å². The van der Waals surface area contributed by atoms with Crippen LogP contribution in [0.1, 0.15) is 47.2 Å². The van der Waals surface area contributed by atoms with Crippen LogP contribution in [0.2, 0.25) is 0 Å². The number of rotatable bonds is 8. The van der Waals surface area contributed by atoms with E-state index >= 15 is 0 Å². The molecular weight excluding hydrogens is 579 g/mol. The van der Waals surface area contributed by atoms with Gasteiger partial charge in [0.05, 0.1) is 3.57 Å². The lowest BCUT2D eigenvalue weighted by Crippen LogP contribution is -2.32. The number of aryl methyl sites for hydroxylation is 6. The molecule has 37 heavy (non-hydrogen) atoms. The van der Waals surface area contributed by atoms with Gasteiger partial charge in [-0.3, -0.25) is 9.59 Å². The number of carbonyl (C=O) groups is 2. The second-order valence-electron chi connectivity index (χ2n) is 9.61. The predicted octanol–water partition coefficient (Wildman–Crippen LogP) is 6.95. The molecule has 0 bridgehead atoms. The van der Waals surface area contributed by atoms with E-state index < -0.39 is 12.2 Å². The number of anilines is 2. The van der Waals surface area contributed by atoms with Crippen molar-refractivity contribution < 1.29 is 19.1 Å². The minimum Gasteiger partial charge on any atom is -0.480 e. The number of carbonyl (C=O) groups excluding carboxylic acids is 2. The van der Waals surface area contributed by atoms with Crippen molar-refractivity contribution in [3.05, 3.63) is 79.4 Å². The Morgan fingerprint density at radius 1 is 0.676 bits per heavy atom. The maximum Gasteiger partial charge on any atom is 0.265 e. The summed E-state index contributed by atoms with van der Waals surface area (Å²) in [7, 11) is 0. The molecule has 0 radical (unpaired) electrons. The van der Waals surface area contributed by atoms with Crippen molar-refractivity contribution >= 4 is 45.8 Å². The number of hydrogen-bond acceptors (Lipinski definition) is 4. The normalized spacial score (nSPS) is 12.5. The maximum absolute atomic E-state index is 12.9. The smallest absolute Gasteiger partial charge is 0.265 e. The number of halogens is 1. The molecule has 196 valence electrons. The van der Waals surface area contributed by atoms with E-state index in [2.05, 4.69) is 33.2 Å². The van der Waals surface area contributed by atoms with Gasteiger partial charge >= 0.3 is 0 Å². The van der Waals surface area contributed by atoms with Crippen LogP contribution in [0.15, 0.2) is 42.5 Å². The Morgan fingerprint density at radius 2 is 1.00 bits per heavy atom. The van der Waals surface area contributed by atoms with Crippen molar-refractivity contribution in [2.45, 2.75) is 67.6 Å². The summed E-state index contributed by atoms with van der Waals surface area (Å²) in [6, 6.07) is 13.5. The summed E-state index contributed by atoms with van der Waals surface area (Å²) in [5.41, 5.74) is 7.93. The molecule has 2 unspecified atom stereocenters. The quantitative estimate of drug-likeness (QED) is 0.269. The molecule has 0 aromatic heterocycles. The van der Waals surface area contributed by atoms with E-state index in [1.807, 2.05) is 65.8 Å². The number of ether oxygens (including phenoxy) is 2. The Morgan fingerprint density at radius 3 is 1.32 bits per heavy atom. The Labute approximate surface area is 233 Å². The molecule has 0 aliphatic carbocycles. The van der Waals surface area contributed by atoms with Crippen molar-refractivity contribution in [2.75, 3.05) is 10.6 Å². The summed E-state index contributed by atoms with van der Waals surface area (Å²) in [5.74, 6) is 0.536. The van der Waals surface area contributed by atoms with Crippen LogP contribution in [0.25, 0.3) is 0 Å². The van der Waals surface area contributed by atoms with E-state index in [1.54, 1.807) is 32.0 Å². The van der Waals surface area contributed by atoms with E-state index in [9.17, 15) is 9.59 Å². The van der Waals surface area contributed by atoms with Crippen LogP contribution in [-0.2, 0) is 9.59 Å². The topological polar surface area (TPSA) is 76.7 Å². The predicted molar refractivity (Wildman–Crippen MR) is 158 cm³/mol. The standard InChI is InChI=1S/C30H35IN2O4/c1-16-12-18(3)27(19(4)13-16)32-29(34)22(7)36-24-10-9-11-25(26(24)31)37-23(8)30(35)33-28-20(5)14-17(2)15-21(28)6/h9-15,22-23H,1-8H3,(H,32,34)(H,33,35). The van der Waals surface area contributed by atoms with Crippen molar-refractivity contribution in [1.29, 1.82) is 0 Å². The fraction of sp³-hybridized carbons (Fsp3) is 0.333. The molecule has 6 nitrogen and oxygen atoms in total. The zero-order valence-electron chi connectivity index (χ0n) is 22.7. The van der Waals surface area contributed by atoms with Gasteiger partial charge in [-0.25, -0.2) is 0 Å². The second-order valence-corrected chi connectivity index (χ2v) is 10.7. The van der Waals surface area contributed by atoms with Crippen LogP contribution in [0, 0.1) is 45.1 Å². The van der Waals surface area contributed by atoms with E-state index in [1.165, 1.54) is 0 Å². The van der Waals surface area contributed by atoms with Gasteiger partial charge in [0.2, 0.25) is 0 Å². The molecule has 0 saturated carbocycles. The van der Waals surface area contributed by atoms with Gasteiger partial charge in [-0.1, -0.05) is 41.5 Å². The molecule has 2 atom stereocenters. The fourth-order valence-corrected chi connectivity index (χ4v) is 4.98. The average Bonchev–Trinajstić information content (AvgIpc) is 2.80. The van der Waals surface area contributed by atoms with Gasteiger partial charge in [0.25, 0.3) is 11.8 Å². The molecule has 0 aliphatic heterocycles. The zero-order chi connectivity index (χ0) is 27.4. The molecule has 0 aliphatic rings. The van der Waals surface area contributed by atoms with Crippen molar-refractivity contribution in [1.82, 2.24) is 0 Å². The van der Waals surface area contributed by atoms with Crippen LogP contribution >= 0.6 is 22.6 Å². The summed E-state index contributed by atoms with van der Waals surface area (Å²) in [4.78, 5) is 25.8. The number of amides is 2. The van der Waals surface area contributed by atoms with Gasteiger partial charge in [-0.15, -0.1) is 0 Å². The lowest BCUT2D eigenvalue weighted by Gasteiger charge is -2.21. The Bertz CT molecular complexity index is 1190.